The Kier molecular flexibility index (Phi) is 2.34. The third-order valence-corrected chi connectivity index (χ3v) is 2.80. The molecule has 0 atom stereocenters. The lowest BCUT2D eigenvalue weighted by molar-refractivity contribution is 0.415. The highest BCUT2D eigenvalue weighted by Gasteiger charge is 2.11. The minimum Gasteiger partial charge on any atom is -0.507 e. The van der Waals surface area contributed by atoms with Crippen molar-refractivity contribution in [3.63, 3.8) is 0 Å². The van der Waals surface area contributed by atoms with E-state index in [4.69, 9.17) is 4.74 Å². The van der Waals surface area contributed by atoms with Crippen LogP contribution in [0.3, 0.4) is 0 Å². The second kappa shape index (κ2) is 3.56. The Morgan fingerprint density at radius 2 is 2.06 bits per heavy atom. The molecule has 1 N–H and O–H groups in total. The lowest BCUT2D eigenvalue weighted by Crippen LogP contribution is -2.19. The fourth-order valence-electron chi connectivity index (χ4n) is 1.78. The topological polar surface area (TPSA) is 51.5 Å². The molecule has 2 aromatic rings. The molecule has 0 bridgehead atoms. The van der Waals surface area contributed by atoms with Crippen molar-refractivity contribution in [2.75, 3.05) is 7.11 Å². The number of hydrogen-bond acceptors (Lipinski definition) is 3. The second-order valence-corrected chi connectivity index (χ2v) is 3.72. The molecule has 84 valence electrons. The summed E-state index contributed by atoms with van der Waals surface area (Å²) in [6.45, 7) is 1.61. The lowest BCUT2D eigenvalue weighted by Gasteiger charge is -2.10. The maximum absolute atomic E-state index is 11.8. The number of aromatic nitrogens is 1. The van der Waals surface area contributed by atoms with Gasteiger partial charge in [-0.05, 0) is 19.1 Å². The third kappa shape index (κ3) is 1.34. The molecule has 0 amide bonds. The Bertz CT molecular complexity index is 614. The summed E-state index contributed by atoms with van der Waals surface area (Å²) in [6.07, 6.45) is 0. The van der Waals surface area contributed by atoms with E-state index in [1.54, 1.807) is 39.3 Å². The van der Waals surface area contributed by atoms with Gasteiger partial charge in [-0.2, -0.15) is 0 Å². The lowest BCUT2D eigenvalue weighted by atomic mass is 10.1. The number of benzene rings is 1. The van der Waals surface area contributed by atoms with E-state index in [0.29, 0.717) is 22.2 Å². The van der Waals surface area contributed by atoms with Crippen LogP contribution in [0.4, 0.5) is 0 Å². The molecular formula is C12H13NO3. The molecular weight excluding hydrogens is 206 g/mol. The van der Waals surface area contributed by atoms with E-state index < -0.39 is 0 Å². The number of fused-ring (bicyclic) bond motifs is 1. The van der Waals surface area contributed by atoms with E-state index in [2.05, 4.69) is 0 Å². The van der Waals surface area contributed by atoms with Gasteiger partial charge < -0.3 is 14.4 Å². The van der Waals surface area contributed by atoms with Crippen molar-refractivity contribution >= 4 is 10.9 Å². The van der Waals surface area contributed by atoms with Gasteiger partial charge >= 0.3 is 0 Å². The van der Waals surface area contributed by atoms with Crippen molar-refractivity contribution in [1.82, 2.24) is 4.57 Å². The van der Waals surface area contributed by atoms with Gasteiger partial charge in [-0.15, -0.1) is 0 Å². The van der Waals surface area contributed by atoms with Gasteiger partial charge in [0, 0.05) is 18.5 Å². The van der Waals surface area contributed by atoms with Crippen LogP contribution in [0.1, 0.15) is 5.56 Å². The molecule has 0 spiro atoms. The minimum absolute atomic E-state index is 0.0424. The fraction of sp³-hybridized carbons (Fsp3) is 0.250. The fourth-order valence-corrected chi connectivity index (χ4v) is 1.78. The smallest absolute Gasteiger partial charge is 0.257 e. The van der Waals surface area contributed by atoms with E-state index in [1.165, 1.54) is 4.57 Å². The van der Waals surface area contributed by atoms with Gasteiger partial charge in [-0.1, -0.05) is 0 Å². The zero-order chi connectivity index (χ0) is 11.9. The molecule has 0 saturated carbocycles. The van der Waals surface area contributed by atoms with Crippen molar-refractivity contribution in [3.8, 4) is 11.5 Å². The largest absolute Gasteiger partial charge is 0.507 e. The molecule has 0 aliphatic heterocycles. The van der Waals surface area contributed by atoms with Gasteiger partial charge in [-0.3, -0.25) is 4.79 Å². The Morgan fingerprint density at radius 1 is 1.38 bits per heavy atom. The van der Waals surface area contributed by atoms with Gasteiger partial charge in [0.25, 0.3) is 5.56 Å². The molecule has 1 aromatic heterocycles. The van der Waals surface area contributed by atoms with Crippen molar-refractivity contribution < 1.29 is 9.84 Å². The van der Waals surface area contributed by atoms with Crippen LogP contribution in [0.2, 0.25) is 0 Å². The summed E-state index contributed by atoms with van der Waals surface area (Å²) in [5, 5.41) is 10.5. The Hall–Kier alpha value is -1.97. The van der Waals surface area contributed by atoms with E-state index in [-0.39, 0.29) is 11.3 Å². The molecule has 0 unspecified atom stereocenters. The van der Waals surface area contributed by atoms with Crippen molar-refractivity contribution in [2.24, 2.45) is 7.05 Å². The van der Waals surface area contributed by atoms with Crippen molar-refractivity contribution in [3.05, 3.63) is 34.1 Å². The number of rotatable bonds is 1. The Morgan fingerprint density at radius 3 is 2.69 bits per heavy atom. The molecule has 0 aliphatic carbocycles. The number of aryl methyl sites for hydroxylation is 1. The Labute approximate surface area is 92.7 Å². The van der Waals surface area contributed by atoms with E-state index in [0.717, 1.165) is 0 Å². The van der Waals surface area contributed by atoms with Crippen LogP contribution in [0.25, 0.3) is 10.9 Å². The second-order valence-electron chi connectivity index (χ2n) is 3.72. The normalized spacial score (nSPS) is 10.7. The number of hydrogen-bond donors (Lipinski definition) is 1. The minimum atomic E-state index is -0.196. The Balaban J connectivity index is 2.97. The van der Waals surface area contributed by atoms with E-state index in [1.807, 2.05) is 0 Å². The zero-order valence-corrected chi connectivity index (χ0v) is 9.44. The third-order valence-electron chi connectivity index (χ3n) is 2.80. The average Bonchev–Trinajstić information content (AvgIpc) is 2.33. The summed E-state index contributed by atoms with van der Waals surface area (Å²) in [6, 6.07) is 5.23. The van der Waals surface area contributed by atoms with Crippen LogP contribution < -0.4 is 10.3 Å². The highest BCUT2D eigenvalue weighted by Crippen LogP contribution is 2.28. The summed E-state index contributed by atoms with van der Waals surface area (Å²) in [4.78, 5) is 11.8. The van der Waals surface area contributed by atoms with Gasteiger partial charge in [0.15, 0.2) is 0 Å². The first-order valence-electron chi connectivity index (χ1n) is 4.92. The highest BCUT2D eigenvalue weighted by atomic mass is 16.5. The van der Waals surface area contributed by atoms with Gasteiger partial charge in [0.2, 0.25) is 0 Å². The number of pyridine rings is 1. The van der Waals surface area contributed by atoms with Crippen LogP contribution in [-0.2, 0) is 7.05 Å². The maximum Gasteiger partial charge on any atom is 0.257 e. The molecule has 1 aromatic carbocycles. The molecule has 0 aliphatic rings. The molecule has 16 heavy (non-hydrogen) atoms. The summed E-state index contributed by atoms with van der Waals surface area (Å²) in [7, 11) is 3.24. The van der Waals surface area contributed by atoms with Crippen molar-refractivity contribution in [1.29, 1.82) is 0 Å². The molecule has 0 fully saturated rings. The van der Waals surface area contributed by atoms with Crippen LogP contribution in [0.15, 0.2) is 23.0 Å². The van der Waals surface area contributed by atoms with Crippen LogP contribution in [0.5, 0.6) is 11.5 Å². The van der Waals surface area contributed by atoms with Gasteiger partial charge in [-0.25, -0.2) is 0 Å². The number of aromatic hydroxyl groups is 1. The summed E-state index contributed by atoms with van der Waals surface area (Å²) >= 11 is 0. The van der Waals surface area contributed by atoms with E-state index in [9.17, 15) is 9.90 Å². The average molecular weight is 219 g/mol. The van der Waals surface area contributed by atoms with Gasteiger partial charge in [0.1, 0.15) is 11.5 Å². The monoisotopic (exact) mass is 219 g/mol. The number of methoxy groups -OCH3 is 1. The van der Waals surface area contributed by atoms with E-state index >= 15 is 0 Å². The summed E-state index contributed by atoms with van der Waals surface area (Å²) in [5.41, 5.74) is 0.825. The predicted molar refractivity (Wildman–Crippen MR) is 62.1 cm³/mol. The van der Waals surface area contributed by atoms with Crippen molar-refractivity contribution in [2.45, 2.75) is 6.92 Å². The first kappa shape index (κ1) is 10.5. The first-order chi connectivity index (χ1) is 7.56. The van der Waals surface area contributed by atoms with Crippen LogP contribution in [-0.4, -0.2) is 16.8 Å². The van der Waals surface area contributed by atoms with Crippen LogP contribution >= 0.6 is 0 Å². The first-order valence-corrected chi connectivity index (χ1v) is 4.92. The molecule has 1 heterocycles. The molecule has 4 heteroatoms. The highest BCUT2D eigenvalue weighted by molar-refractivity contribution is 5.87. The maximum atomic E-state index is 11.8. The summed E-state index contributed by atoms with van der Waals surface area (Å²) in [5.74, 6) is 0.700. The number of ether oxygens (including phenoxy) is 1. The molecule has 0 radical (unpaired) electrons. The number of nitrogens with zero attached hydrogens (tertiary/aromatic N) is 1. The van der Waals surface area contributed by atoms with Gasteiger partial charge in [0.05, 0.1) is 18.2 Å². The quantitative estimate of drug-likeness (QED) is 0.791. The van der Waals surface area contributed by atoms with Crippen LogP contribution in [0, 0.1) is 6.92 Å². The summed E-state index contributed by atoms with van der Waals surface area (Å²) < 4.78 is 6.60. The standard InChI is InChI=1S/C12H13NO3/c1-7-11(14)9-5-4-8(16-3)6-10(9)13(2)12(7)15/h4-6,14H,1-3H3. The molecule has 4 nitrogen and oxygen atoms in total. The zero-order valence-electron chi connectivity index (χ0n) is 9.44. The molecule has 0 saturated heterocycles. The SMILES string of the molecule is COc1ccc2c(O)c(C)c(=O)n(C)c2c1. The molecule has 2 rings (SSSR count). The predicted octanol–water partition coefficient (Wildman–Crippen LogP) is 1.56.